The fraction of sp³-hybridized carbons (Fsp3) is 0.0769. The van der Waals surface area contributed by atoms with Crippen LogP contribution in [0.2, 0.25) is 10.0 Å². The molecule has 0 heterocycles. The zero-order valence-electron chi connectivity index (χ0n) is 10.6. The molecule has 0 aliphatic rings. The van der Waals surface area contributed by atoms with Gasteiger partial charge < -0.3 is 0 Å². The SMILES string of the molecule is O=[N+]([O-])c1ccccc1S(=O)NCc1c(Cl)cccc1Cl. The smallest absolute Gasteiger partial charge is 0.258 e. The molecule has 2 aromatic rings. The van der Waals surface area contributed by atoms with Crippen LogP contribution in [0.25, 0.3) is 0 Å². The third-order valence-corrected chi connectivity index (χ3v) is 4.56. The summed E-state index contributed by atoms with van der Waals surface area (Å²) in [4.78, 5) is 10.4. The van der Waals surface area contributed by atoms with E-state index in [9.17, 15) is 14.3 Å². The normalized spacial score (nSPS) is 12.1. The van der Waals surface area contributed by atoms with Gasteiger partial charge in [-0.1, -0.05) is 41.4 Å². The molecular formula is C13H10Cl2N2O3S. The maximum absolute atomic E-state index is 12.2. The Morgan fingerprint density at radius 1 is 1.10 bits per heavy atom. The second-order valence-electron chi connectivity index (χ2n) is 4.01. The Balaban J connectivity index is 2.18. The second-order valence-corrected chi connectivity index (χ2v) is 6.10. The van der Waals surface area contributed by atoms with Crippen molar-refractivity contribution in [3.63, 3.8) is 0 Å². The maximum atomic E-state index is 12.2. The van der Waals surface area contributed by atoms with Gasteiger partial charge >= 0.3 is 0 Å². The number of nitrogens with zero attached hydrogens (tertiary/aromatic N) is 1. The minimum atomic E-state index is -1.74. The summed E-state index contributed by atoms with van der Waals surface area (Å²) < 4.78 is 14.9. The van der Waals surface area contributed by atoms with Crippen molar-refractivity contribution in [1.82, 2.24) is 4.72 Å². The Hall–Kier alpha value is -1.47. The van der Waals surface area contributed by atoms with E-state index in [1.165, 1.54) is 18.2 Å². The van der Waals surface area contributed by atoms with Crippen molar-refractivity contribution < 1.29 is 9.13 Å². The lowest BCUT2D eigenvalue weighted by atomic mass is 10.2. The van der Waals surface area contributed by atoms with Crippen LogP contribution in [0.15, 0.2) is 47.4 Å². The molecule has 0 saturated heterocycles. The zero-order valence-corrected chi connectivity index (χ0v) is 12.9. The van der Waals surface area contributed by atoms with Crippen LogP contribution in [0.5, 0.6) is 0 Å². The summed E-state index contributed by atoms with van der Waals surface area (Å²) in [7, 11) is -1.74. The van der Waals surface area contributed by atoms with E-state index in [0.717, 1.165) is 0 Å². The molecule has 1 N–H and O–H groups in total. The molecule has 1 unspecified atom stereocenters. The van der Waals surface area contributed by atoms with Gasteiger partial charge in [0.2, 0.25) is 0 Å². The molecule has 0 aliphatic carbocycles. The van der Waals surface area contributed by atoms with E-state index >= 15 is 0 Å². The van der Waals surface area contributed by atoms with Crippen LogP contribution in [0.3, 0.4) is 0 Å². The molecule has 0 amide bonds. The van der Waals surface area contributed by atoms with E-state index in [-0.39, 0.29) is 17.1 Å². The zero-order chi connectivity index (χ0) is 15.4. The molecule has 1 atom stereocenters. The van der Waals surface area contributed by atoms with Gasteiger partial charge in [0.1, 0.15) is 15.9 Å². The number of para-hydroxylation sites is 1. The molecule has 0 radical (unpaired) electrons. The maximum Gasteiger partial charge on any atom is 0.286 e. The van der Waals surface area contributed by atoms with E-state index in [2.05, 4.69) is 4.72 Å². The predicted octanol–water partition coefficient (Wildman–Crippen LogP) is 3.71. The van der Waals surface area contributed by atoms with Crippen LogP contribution in [0.4, 0.5) is 5.69 Å². The number of hydrogen-bond acceptors (Lipinski definition) is 3. The van der Waals surface area contributed by atoms with E-state index in [0.29, 0.717) is 15.6 Å². The van der Waals surface area contributed by atoms with Gasteiger partial charge in [-0.05, 0) is 18.2 Å². The molecule has 2 rings (SSSR count). The van der Waals surface area contributed by atoms with Crippen molar-refractivity contribution in [2.24, 2.45) is 0 Å². The molecule has 0 bridgehead atoms. The monoisotopic (exact) mass is 344 g/mol. The molecule has 0 saturated carbocycles. The number of nitro groups is 1. The number of benzene rings is 2. The van der Waals surface area contributed by atoms with E-state index in [1.807, 2.05) is 0 Å². The van der Waals surface area contributed by atoms with Gasteiger partial charge in [0.15, 0.2) is 0 Å². The highest BCUT2D eigenvalue weighted by Crippen LogP contribution is 2.25. The van der Waals surface area contributed by atoms with Gasteiger partial charge in [-0.15, -0.1) is 0 Å². The lowest BCUT2D eigenvalue weighted by Crippen LogP contribution is -2.18. The molecule has 0 aromatic heterocycles. The molecule has 8 heteroatoms. The van der Waals surface area contributed by atoms with Crippen molar-refractivity contribution >= 4 is 39.9 Å². The van der Waals surface area contributed by atoms with Crippen LogP contribution in [-0.4, -0.2) is 9.13 Å². The number of nitrogens with one attached hydrogen (secondary N) is 1. The average Bonchev–Trinajstić information content (AvgIpc) is 2.46. The first-order valence-corrected chi connectivity index (χ1v) is 7.73. The molecule has 0 aliphatic heterocycles. The summed E-state index contributed by atoms with van der Waals surface area (Å²) in [5.41, 5.74) is 0.390. The van der Waals surface area contributed by atoms with E-state index in [4.69, 9.17) is 23.2 Å². The van der Waals surface area contributed by atoms with Crippen LogP contribution in [0.1, 0.15) is 5.56 Å². The quantitative estimate of drug-likeness (QED) is 0.663. The number of nitro benzene ring substituents is 1. The summed E-state index contributed by atoms with van der Waals surface area (Å²) in [5.74, 6) is 0. The summed E-state index contributed by atoms with van der Waals surface area (Å²) in [5, 5.41) is 11.8. The molecule has 0 spiro atoms. The average molecular weight is 345 g/mol. The third-order valence-electron chi connectivity index (χ3n) is 2.70. The minimum absolute atomic E-state index is 0.102. The summed E-state index contributed by atoms with van der Waals surface area (Å²) in [6.07, 6.45) is 0. The summed E-state index contributed by atoms with van der Waals surface area (Å²) >= 11 is 12.0. The Morgan fingerprint density at radius 3 is 2.33 bits per heavy atom. The fourth-order valence-electron chi connectivity index (χ4n) is 1.68. The summed E-state index contributed by atoms with van der Waals surface area (Å²) in [6, 6.07) is 10.9. The van der Waals surface area contributed by atoms with Crippen LogP contribution in [-0.2, 0) is 17.5 Å². The van der Waals surface area contributed by atoms with Crippen LogP contribution in [0, 0.1) is 10.1 Å². The highest BCUT2D eigenvalue weighted by molar-refractivity contribution is 7.83. The lowest BCUT2D eigenvalue weighted by molar-refractivity contribution is -0.387. The van der Waals surface area contributed by atoms with Gasteiger partial charge in [0.05, 0.1) is 4.92 Å². The topological polar surface area (TPSA) is 72.2 Å². The standard InChI is InChI=1S/C13H10Cl2N2O3S/c14-10-4-3-5-11(15)9(10)8-16-21(20)13-7-2-1-6-12(13)17(18)19/h1-7,16H,8H2. The molecular weight excluding hydrogens is 335 g/mol. The first-order chi connectivity index (χ1) is 10.0. The van der Waals surface area contributed by atoms with E-state index < -0.39 is 15.9 Å². The van der Waals surface area contributed by atoms with Crippen molar-refractivity contribution in [2.45, 2.75) is 11.4 Å². The highest BCUT2D eigenvalue weighted by atomic mass is 35.5. The van der Waals surface area contributed by atoms with Crippen molar-refractivity contribution in [1.29, 1.82) is 0 Å². The van der Waals surface area contributed by atoms with Gasteiger partial charge in [-0.3, -0.25) is 10.1 Å². The van der Waals surface area contributed by atoms with Crippen molar-refractivity contribution in [3.05, 3.63) is 68.2 Å². The van der Waals surface area contributed by atoms with Crippen LogP contribution < -0.4 is 4.72 Å². The lowest BCUT2D eigenvalue weighted by Gasteiger charge is -2.08. The minimum Gasteiger partial charge on any atom is -0.258 e. The Bertz CT molecular complexity index is 689. The van der Waals surface area contributed by atoms with Gasteiger partial charge in [-0.2, -0.15) is 0 Å². The first-order valence-electron chi connectivity index (χ1n) is 5.82. The van der Waals surface area contributed by atoms with Crippen LogP contribution >= 0.6 is 23.2 Å². The molecule has 5 nitrogen and oxygen atoms in total. The molecule has 110 valence electrons. The van der Waals surface area contributed by atoms with Gasteiger partial charge in [-0.25, -0.2) is 8.93 Å². The number of hydrogen-bond donors (Lipinski definition) is 1. The van der Waals surface area contributed by atoms with Gasteiger partial charge in [0, 0.05) is 28.2 Å². The molecule has 21 heavy (non-hydrogen) atoms. The largest absolute Gasteiger partial charge is 0.286 e. The Morgan fingerprint density at radius 2 is 1.71 bits per heavy atom. The molecule has 2 aromatic carbocycles. The Kier molecular flexibility index (Phi) is 5.30. The van der Waals surface area contributed by atoms with Gasteiger partial charge in [0.25, 0.3) is 5.69 Å². The van der Waals surface area contributed by atoms with Crippen molar-refractivity contribution in [3.8, 4) is 0 Å². The molecule has 0 fully saturated rings. The van der Waals surface area contributed by atoms with Crippen molar-refractivity contribution in [2.75, 3.05) is 0 Å². The fourth-order valence-corrected chi connectivity index (χ4v) is 3.18. The third kappa shape index (κ3) is 3.79. The number of rotatable bonds is 5. The first kappa shape index (κ1) is 15.9. The Labute approximate surface area is 133 Å². The highest BCUT2D eigenvalue weighted by Gasteiger charge is 2.18. The predicted molar refractivity (Wildman–Crippen MR) is 82.8 cm³/mol. The second kappa shape index (κ2) is 7.00. The summed E-state index contributed by atoms with van der Waals surface area (Å²) in [6.45, 7) is 0.136. The van der Waals surface area contributed by atoms with E-state index in [1.54, 1.807) is 24.3 Å². The number of halogens is 2.